The molecule has 3 nitrogen and oxygen atoms in total. The molecule has 0 aliphatic heterocycles. The molecule has 0 aliphatic carbocycles. The number of benzene rings is 1. The molecule has 2 rings (SSSR count). The van der Waals surface area contributed by atoms with Gasteiger partial charge in [0.1, 0.15) is 0 Å². The number of hydrogen-bond acceptors (Lipinski definition) is 2. The first-order chi connectivity index (χ1) is 7.18. The Morgan fingerprint density at radius 2 is 2.00 bits per heavy atom. The lowest BCUT2D eigenvalue weighted by atomic mass is 10.0. The summed E-state index contributed by atoms with van der Waals surface area (Å²) in [6.07, 6.45) is 1.76. The van der Waals surface area contributed by atoms with E-state index in [0.29, 0.717) is 0 Å². The second-order valence-corrected chi connectivity index (χ2v) is 3.93. The van der Waals surface area contributed by atoms with Gasteiger partial charge in [0.05, 0.1) is 11.9 Å². The second kappa shape index (κ2) is 4.04. The normalized spacial score (nSPS) is 12.7. The van der Waals surface area contributed by atoms with Gasteiger partial charge in [-0.05, 0) is 24.6 Å². The number of rotatable bonds is 2. The highest BCUT2D eigenvalue weighted by atomic mass is 35.5. The molecule has 3 N–H and O–H groups in total. The summed E-state index contributed by atoms with van der Waals surface area (Å²) in [4.78, 5) is 0. The summed E-state index contributed by atoms with van der Waals surface area (Å²) in [6, 6.07) is 7.56. The SMILES string of the molecule is CC(N)c1cn[nH]c1-c1ccc(Cl)cc1. The molecule has 0 fully saturated rings. The number of nitrogens with one attached hydrogen (secondary N) is 1. The Kier molecular flexibility index (Phi) is 2.75. The van der Waals surface area contributed by atoms with Crippen molar-refractivity contribution in [1.29, 1.82) is 0 Å². The van der Waals surface area contributed by atoms with Gasteiger partial charge in [0.2, 0.25) is 0 Å². The number of halogens is 1. The summed E-state index contributed by atoms with van der Waals surface area (Å²) in [5, 5.41) is 7.68. The summed E-state index contributed by atoms with van der Waals surface area (Å²) in [5.41, 5.74) is 8.86. The molecule has 1 atom stereocenters. The zero-order valence-electron chi connectivity index (χ0n) is 8.37. The summed E-state index contributed by atoms with van der Waals surface area (Å²) in [7, 11) is 0. The van der Waals surface area contributed by atoms with E-state index in [2.05, 4.69) is 10.2 Å². The topological polar surface area (TPSA) is 54.7 Å². The Morgan fingerprint density at radius 3 is 2.60 bits per heavy atom. The lowest BCUT2D eigenvalue weighted by Crippen LogP contribution is -2.05. The van der Waals surface area contributed by atoms with Crippen molar-refractivity contribution in [2.75, 3.05) is 0 Å². The van der Waals surface area contributed by atoms with E-state index in [1.54, 1.807) is 6.20 Å². The van der Waals surface area contributed by atoms with Gasteiger partial charge >= 0.3 is 0 Å². The van der Waals surface area contributed by atoms with Crippen molar-refractivity contribution < 1.29 is 0 Å². The van der Waals surface area contributed by atoms with Crippen LogP contribution in [0.5, 0.6) is 0 Å². The molecule has 1 unspecified atom stereocenters. The molecule has 15 heavy (non-hydrogen) atoms. The van der Waals surface area contributed by atoms with Crippen LogP contribution in [0.2, 0.25) is 5.02 Å². The molecule has 0 aliphatic rings. The first-order valence-electron chi connectivity index (χ1n) is 4.73. The predicted molar refractivity (Wildman–Crippen MR) is 61.6 cm³/mol. The molecule has 0 saturated carbocycles. The largest absolute Gasteiger partial charge is 0.324 e. The maximum atomic E-state index is 5.84. The molecule has 0 amide bonds. The number of nitrogens with zero attached hydrogens (tertiary/aromatic N) is 1. The van der Waals surface area contributed by atoms with Crippen molar-refractivity contribution in [2.24, 2.45) is 5.73 Å². The fourth-order valence-corrected chi connectivity index (χ4v) is 1.61. The Hall–Kier alpha value is -1.32. The van der Waals surface area contributed by atoms with Gasteiger partial charge in [-0.2, -0.15) is 5.10 Å². The van der Waals surface area contributed by atoms with Gasteiger partial charge in [-0.15, -0.1) is 0 Å². The van der Waals surface area contributed by atoms with Crippen molar-refractivity contribution in [3.63, 3.8) is 0 Å². The first-order valence-corrected chi connectivity index (χ1v) is 5.11. The Balaban J connectivity index is 2.45. The second-order valence-electron chi connectivity index (χ2n) is 3.50. The van der Waals surface area contributed by atoms with Crippen LogP contribution in [-0.4, -0.2) is 10.2 Å². The van der Waals surface area contributed by atoms with E-state index < -0.39 is 0 Å². The van der Waals surface area contributed by atoms with Crippen LogP contribution in [0, 0.1) is 0 Å². The maximum Gasteiger partial charge on any atom is 0.0697 e. The van der Waals surface area contributed by atoms with E-state index in [1.807, 2.05) is 31.2 Å². The van der Waals surface area contributed by atoms with Crippen molar-refractivity contribution in [3.05, 3.63) is 41.0 Å². The van der Waals surface area contributed by atoms with Crippen molar-refractivity contribution in [3.8, 4) is 11.3 Å². The third-order valence-electron chi connectivity index (χ3n) is 2.29. The van der Waals surface area contributed by atoms with Crippen molar-refractivity contribution in [2.45, 2.75) is 13.0 Å². The highest BCUT2D eigenvalue weighted by molar-refractivity contribution is 6.30. The van der Waals surface area contributed by atoms with Gasteiger partial charge in [-0.1, -0.05) is 23.7 Å². The standard InChI is InChI=1S/C11H12ClN3/c1-7(13)10-6-14-15-11(10)8-2-4-9(12)5-3-8/h2-7H,13H2,1H3,(H,14,15). The average Bonchev–Trinajstić information content (AvgIpc) is 2.67. The monoisotopic (exact) mass is 221 g/mol. The number of aromatic nitrogens is 2. The number of hydrogen-bond donors (Lipinski definition) is 2. The maximum absolute atomic E-state index is 5.84. The third-order valence-corrected chi connectivity index (χ3v) is 2.54. The van der Waals surface area contributed by atoms with Crippen molar-refractivity contribution >= 4 is 11.6 Å². The zero-order valence-corrected chi connectivity index (χ0v) is 9.12. The van der Waals surface area contributed by atoms with Crippen LogP contribution in [0.4, 0.5) is 0 Å². The fourth-order valence-electron chi connectivity index (χ4n) is 1.49. The number of aromatic amines is 1. The molecule has 4 heteroatoms. The van der Waals surface area contributed by atoms with E-state index in [1.165, 1.54) is 0 Å². The molecule has 0 radical (unpaired) electrons. The zero-order chi connectivity index (χ0) is 10.8. The molecule has 1 aromatic heterocycles. The highest BCUT2D eigenvalue weighted by Crippen LogP contribution is 2.25. The number of H-pyrrole nitrogens is 1. The third kappa shape index (κ3) is 2.03. The molecule has 0 spiro atoms. The van der Waals surface area contributed by atoms with Crippen LogP contribution >= 0.6 is 11.6 Å². The summed E-state index contributed by atoms with van der Waals surface area (Å²) >= 11 is 5.82. The van der Waals surface area contributed by atoms with Gasteiger partial charge in [-0.3, -0.25) is 5.10 Å². The number of nitrogens with two attached hydrogens (primary N) is 1. The molecule has 78 valence electrons. The molecule has 1 aromatic carbocycles. The lowest BCUT2D eigenvalue weighted by Gasteiger charge is -2.06. The van der Waals surface area contributed by atoms with E-state index in [4.69, 9.17) is 17.3 Å². The highest BCUT2D eigenvalue weighted by Gasteiger charge is 2.10. The average molecular weight is 222 g/mol. The first kappa shape index (κ1) is 10.2. The van der Waals surface area contributed by atoms with Gasteiger partial charge in [-0.25, -0.2) is 0 Å². The minimum absolute atomic E-state index is 0.0329. The predicted octanol–water partition coefficient (Wildman–Crippen LogP) is 2.75. The quantitative estimate of drug-likeness (QED) is 0.820. The smallest absolute Gasteiger partial charge is 0.0697 e. The molecule has 0 saturated heterocycles. The molecule has 1 heterocycles. The van der Waals surface area contributed by atoms with Crippen molar-refractivity contribution in [1.82, 2.24) is 10.2 Å². The van der Waals surface area contributed by atoms with Gasteiger partial charge in [0, 0.05) is 16.6 Å². The fraction of sp³-hybridized carbons (Fsp3) is 0.182. The van der Waals surface area contributed by atoms with Gasteiger partial charge in [0.25, 0.3) is 0 Å². The minimum Gasteiger partial charge on any atom is -0.324 e. The molecule has 0 bridgehead atoms. The van der Waals surface area contributed by atoms with Crippen LogP contribution in [0.15, 0.2) is 30.5 Å². The van der Waals surface area contributed by atoms with Crippen LogP contribution in [0.1, 0.15) is 18.5 Å². The molecular formula is C11H12ClN3. The Morgan fingerprint density at radius 1 is 1.33 bits per heavy atom. The molecule has 2 aromatic rings. The van der Waals surface area contributed by atoms with Crippen LogP contribution in [0.25, 0.3) is 11.3 Å². The molecular weight excluding hydrogens is 210 g/mol. The lowest BCUT2D eigenvalue weighted by molar-refractivity contribution is 0.821. The van der Waals surface area contributed by atoms with E-state index in [9.17, 15) is 0 Å². The van der Waals surface area contributed by atoms with Crippen LogP contribution in [0.3, 0.4) is 0 Å². The summed E-state index contributed by atoms with van der Waals surface area (Å²) in [5.74, 6) is 0. The minimum atomic E-state index is -0.0329. The summed E-state index contributed by atoms with van der Waals surface area (Å²) < 4.78 is 0. The van der Waals surface area contributed by atoms with E-state index in [-0.39, 0.29) is 6.04 Å². The van der Waals surface area contributed by atoms with Gasteiger partial charge in [0.15, 0.2) is 0 Å². The van der Waals surface area contributed by atoms with Crippen LogP contribution < -0.4 is 5.73 Å². The van der Waals surface area contributed by atoms with Crippen LogP contribution in [-0.2, 0) is 0 Å². The Bertz CT molecular complexity index is 445. The Labute approximate surface area is 93.3 Å². The van der Waals surface area contributed by atoms with Gasteiger partial charge < -0.3 is 5.73 Å². The van der Waals surface area contributed by atoms with E-state index >= 15 is 0 Å². The summed E-state index contributed by atoms with van der Waals surface area (Å²) in [6.45, 7) is 1.93. The van der Waals surface area contributed by atoms with E-state index in [0.717, 1.165) is 21.8 Å².